The summed E-state index contributed by atoms with van der Waals surface area (Å²) in [5.41, 5.74) is 6.15. The standard InChI is InChI=1S/C13H21N3O/c14-11-8-4-3-7-10(11)13-15-12(16-17-13)9-5-1-2-6-9/h9-11H,1-8,14H2. The molecular weight excluding hydrogens is 214 g/mol. The summed E-state index contributed by atoms with van der Waals surface area (Å²) < 4.78 is 5.45. The van der Waals surface area contributed by atoms with Crippen LogP contribution >= 0.6 is 0 Å². The minimum Gasteiger partial charge on any atom is -0.339 e. The van der Waals surface area contributed by atoms with Gasteiger partial charge in [-0.05, 0) is 25.7 Å². The Labute approximate surface area is 102 Å². The Morgan fingerprint density at radius 2 is 1.71 bits per heavy atom. The van der Waals surface area contributed by atoms with Gasteiger partial charge >= 0.3 is 0 Å². The zero-order chi connectivity index (χ0) is 11.7. The molecule has 1 aromatic heterocycles. The molecule has 17 heavy (non-hydrogen) atoms. The van der Waals surface area contributed by atoms with E-state index in [0.29, 0.717) is 11.8 Å². The molecular formula is C13H21N3O. The highest BCUT2D eigenvalue weighted by Gasteiger charge is 2.30. The molecule has 4 nitrogen and oxygen atoms in total. The number of nitrogens with two attached hydrogens (primary N) is 1. The lowest BCUT2D eigenvalue weighted by atomic mass is 9.85. The van der Waals surface area contributed by atoms with Crippen molar-refractivity contribution in [1.29, 1.82) is 0 Å². The van der Waals surface area contributed by atoms with Gasteiger partial charge in [-0.25, -0.2) is 0 Å². The lowest BCUT2D eigenvalue weighted by Gasteiger charge is -2.25. The first-order chi connectivity index (χ1) is 8.34. The number of hydrogen-bond acceptors (Lipinski definition) is 4. The first kappa shape index (κ1) is 11.2. The molecule has 2 unspecified atom stereocenters. The van der Waals surface area contributed by atoms with E-state index in [1.165, 1.54) is 38.5 Å². The van der Waals surface area contributed by atoms with Crippen LogP contribution in [0.5, 0.6) is 0 Å². The van der Waals surface area contributed by atoms with E-state index in [1.807, 2.05) is 0 Å². The smallest absolute Gasteiger partial charge is 0.231 e. The fourth-order valence-electron chi connectivity index (χ4n) is 3.21. The lowest BCUT2D eigenvalue weighted by molar-refractivity contribution is 0.288. The SMILES string of the molecule is NC1CCCCC1c1nc(C2CCCC2)no1. The molecule has 0 aromatic carbocycles. The molecule has 0 aliphatic heterocycles. The van der Waals surface area contributed by atoms with Crippen molar-refractivity contribution in [3.05, 3.63) is 11.7 Å². The average molecular weight is 235 g/mol. The maximum absolute atomic E-state index is 6.15. The minimum absolute atomic E-state index is 0.209. The second-order valence-electron chi connectivity index (χ2n) is 5.53. The van der Waals surface area contributed by atoms with Crippen LogP contribution in [0.25, 0.3) is 0 Å². The van der Waals surface area contributed by atoms with Gasteiger partial charge in [0.25, 0.3) is 0 Å². The number of aromatic nitrogens is 2. The summed E-state index contributed by atoms with van der Waals surface area (Å²) in [7, 11) is 0. The normalized spacial score (nSPS) is 30.9. The summed E-state index contributed by atoms with van der Waals surface area (Å²) in [6.07, 6.45) is 9.71. The molecule has 2 atom stereocenters. The molecule has 0 spiro atoms. The monoisotopic (exact) mass is 235 g/mol. The summed E-state index contributed by atoms with van der Waals surface area (Å²) in [5, 5.41) is 4.17. The molecule has 0 radical (unpaired) electrons. The van der Waals surface area contributed by atoms with E-state index in [2.05, 4.69) is 10.1 Å². The first-order valence-electron chi connectivity index (χ1n) is 6.93. The van der Waals surface area contributed by atoms with Crippen molar-refractivity contribution in [2.45, 2.75) is 69.2 Å². The van der Waals surface area contributed by atoms with Gasteiger partial charge in [-0.2, -0.15) is 4.98 Å². The predicted octanol–water partition coefficient (Wildman–Crippen LogP) is 2.71. The molecule has 2 aliphatic rings. The van der Waals surface area contributed by atoms with Crippen molar-refractivity contribution in [3.63, 3.8) is 0 Å². The van der Waals surface area contributed by atoms with Gasteiger partial charge in [-0.15, -0.1) is 0 Å². The van der Waals surface area contributed by atoms with Gasteiger partial charge in [0, 0.05) is 12.0 Å². The number of rotatable bonds is 2. The van der Waals surface area contributed by atoms with E-state index in [1.54, 1.807) is 0 Å². The van der Waals surface area contributed by atoms with Crippen LogP contribution in [-0.4, -0.2) is 16.2 Å². The Morgan fingerprint density at radius 3 is 2.47 bits per heavy atom. The van der Waals surface area contributed by atoms with Crippen LogP contribution in [0.4, 0.5) is 0 Å². The van der Waals surface area contributed by atoms with Crippen LogP contribution in [-0.2, 0) is 0 Å². The van der Waals surface area contributed by atoms with Gasteiger partial charge in [0.15, 0.2) is 5.82 Å². The molecule has 2 aliphatic carbocycles. The zero-order valence-corrected chi connectivity index (χ0v) is 10.3. The van der Waals surface area contributed by atoms with E-state index >= 15 is 0 Å². The van der Waals surface area contributed by atoms with E-state index in [-0.39, 0.29) is 6.04 Å². The molecule has 1 aromatic rings. The largest absolute Gasteiger partial charge is 0.339 e. The topological polar surface area (TPSA) is 64.9 Å². The average Bonchev–Trinajstić information content (AvgIpc) is 3.00. The van der Waals surface area contributed by atoms with Crippen LogP contribution in [0, 0.1) is 0 Å². The molecule has 1 heterocycles. The maximum atomic E-state index is 6.15. The third kappa shape index (κ3) is 2.23. The maximum Gasteiger partial charge on any atom is 0.231 e. The quantitative estimate of drug-likeness (QED) is 0.856. The second kappa shape index (κ2) is 4.77. The molecule has 3 rings (SSSR count). The Hall–Kier alpha value is -0.900. The van der Waals surface area contributed by atoms with E-state index < -0.39 is 0 Å². The highest BCUT2D eigenvalue weighted by Crippen LogP contribution is 2.35. The molecule has 2 saturated carbocycles. The third-order valence-corrected chi connectivity index (χ3v) is 4.31. The van der Waals surface area contributed by atoms with Crippen molar-refractivity contribution >= 4 is 0 Å². The molecule has 2 N–H and O–H groups in total. The van der Waals surface area contributed by atoms with Crippen LogP contribution in [0.1, 0.15) is 74.9 Å². The van der Waals surface area contributed by atoms with Gasteiger partial charge in [0.05, 0.1) is 5.92 Å². The van der Waals surface area contributed by atoms with Crippen molar-refractivity contribution in [3.8, 4) is 0 Å². The summed E-state index contributed by atoms with van der Waals surface area (Å²) in [6, 6.07) is 0.209. The number of nitrogens with zero attached hydrogens (tertiary/aromatic N) is 2. The molecule has 4 heteroatoms. The van der Waals surface area contributed by atoms with Crippen molar-refractivity contribution in [1.82, 2.24) is 10.1 Å². The van der Waals surface area contributed by atoms with Crippen LogP contribution in [0.15, 0.2) is 4.52 Å². The third-order valence-electron chi connectivity index (χ3n) is 4.31. The minimum atomic E-state index is 0.209. The molecule has 0 saturated heterocycles. The highest BCUT2D eigenvalue weighted by atomic mass is 16.5. The molecule has 0 bridgehead atoms. The van der Waals surface area contributed by atoms with Crippen molar-refractivity contribution in [2.24, 2.45) is 5.73 Å². The van der Waals surface area contributed by atoms with Gasteiger partial charge in [-0.1, -0.05) is 30.8 Å². The molecule has 0 amide bonds. The lowest BCUT2D eigenvalue weighted by Crippen LogP contribution is -2.31. The van der Waals surface area contributed by atoms with E-state index in [9.17, 15) is 0 Å². The summed E-state index contributed by atoms with van der Waals surface area (Å²) >= 11 is 0. The van der Waals surface area contributed by atoms with Crippen LogP contribution in [0.3, 0.4) is 0 Å². The molecule has 2 fully saturated rings. The van der Waals surface area contributed by atoms with Gasteiger partial charge in [0.2, 0.25) is 5.89 Å². The summed E-state index contributed by atoms with van der Waals surface area (Å²) in [4.78, 5) is 4.61. The summed E-state index contributed by atoms with van der Waals surface area (Å²) in [6.45, 7) is 0. The highest BCUT2D eigenvalue weighted by molar-refractivity contribution is 5.04. The summed E-state index contributed by atoms with van der Waals surface area (Å²) in [5.74, 6) is 2.55. The fraction of sp³-hybridized carbons (Fsp3) is 0.846. The van der Waals surface area contributed by atoms with Gasteiger partial charge in [0.1, 0.15) is 0 Å². The fourth-order valence-corrected chi connectivity index (χ4v) is 3.21. The van der Waals surface area contributed by atoms with Crippen LogP contribution in [0.2, 0.25) is 0 Å². The Morgan fingerprint density at radius 1 is 1.00 bits per heavy atom. The van der Waals surface area contributed by atoms with Crippen molar-refractivity contribution in [2.75, 3.05) is 0 Å². The number of hydrogen-bond donors (Lipinski definition) is 1. The zero-order valence-electron chi connectivity index (χ0n) is 10.3. The van der Waals surface area contributed by atoms with Gasteiger partial charge in [-0.3, -0.25) is 0 Å². The Kier molecular flexibility index (Phi) is 3.14. The predicted molar refractivity (Wildman–Crippen MR) is 64.7 cm³/mol. The second-order valence-corrected chi connectivity index (χ2v) is 5.53. The Balaban J connectivity index is 1.74. The molecule has 94 valence electrons. The van der Waals surface area contributed by atoms with Crippen LogP contribution < -0.4 is 5.73 Å². The first-order valence-corrected chi connectivity index (χ1v) is 6.93. The van der Waals surface area contributed by atoms with E-state index in [0.717, 1.165) is 24.6 Å². The van der Waals surface area contributed by atoms with Crippen molar-refractivity contribution < 1.29 is 4.52 Å². The van der Waals surface area contributed by atoms with E-state index in [4.69, 9.17) is 10.3 Å². The van der Waals surface area contributed by atoms with Gasteiger partial charge < -0.3 is 10.3 Å². The Bertz CT molecular complexity index is 370.